The van der Waals surface area contributed by atoms with Crippen LogP contribution in [-0.4, -0.2) is 69.4 Å². The summed E-state index contributed by atoms with van der Waals surface area (Å²) in [5, 5.41) is 5.04. The normalized spacial score (nSPS) is 13.2. The van der Waals surface area contributed by atoms with E-state index in [4.69, 9.17) is 23.7 Å². The smallest absolute Gasteiger partial charge is 0.408 e. The number of amides is 2. The first-order chi connectivity index (χ1) is 15.6. The van der Waals surface area contributed by atoms with Crippen LogP contribution in [0.25, 0.3) is 0 Å². The van der Waals surface area contributed by atoms with Gasteiger partial charge in [0.2, 0.25) is 5.91 Å². The molecule has 0 radical (unpaired) electrons. The van der Waals surface area contributed by atoms with E-state index in [9.17, 15) is 14.4 Å². The van der Waals surface area contributed by atoms with Crippen LogP contribution in [0.5, 0.6) is 0 Å². The minimum absolute atomic E-state index is 0.118. The summed E-state index contributed by atoms with van der Waals surface area (Å²) in [4.78, 5) is 37.2. The van der Waals surface area contributed by atoms with Crippen LogP contribution in [0.3, 0.4) is 0 Å². The molecular formula is C23H36N2O8. The molecule has 0 spiro atoms. The number of carbonyl (C=O) groups is 3. The lowest BCUT2D eigenvalue weighted by Gasteiger charge is -2.30. The van der Waals surface area contributed by atoms with Gasteiger partial charge in [0.1, 0.15) is 18.2 Å². The molecule has 33 heavy (non-hydrogen) atoms. The number of benzene rings is 1. The molecule has 1 aromatic rings. The molecule has 186 valence electrons. The summed E-state index contributed by atoms with van der Waals surface area (Å²) in [6.45, 7) is 6.77. The average Bonchev–Trinajstić information content (AvgIpc) is 2.76. The molecule has 2 atom stereocenters. The number of methoxy groups -OCH3 is 2. The first-order valence-electron chi connectivity index (χ1n) is 10.7. The quantitative estimate of drug-likeness (QED) is 0.334. The van der Waals surface area contributed by atoms with E-state index in [0.29, 0.717) is 0 Å². The van der Waals surface area contributed by atoms with Gasteiger partial charge in [-0.25, -0.2) is 4.79 Å². The number of hydrogen-bond acceptors (Lipinski definition) is 8. The monoisotopic (exact) mass is 468 g/mol. The van der Waals surface area contributed by atoms with Gasteiger partial charge in [0.15, 0.2) is 6.29 Å². The van der Waals surface area contributed by atoms with Gasteiger partial charge in [-0.15, -0.1) is 0 Å². The van der Waals surface area contributed by atoms with Crippen LogP contribution in [0, 0.1) is 0 Å². The van der Waals surface area contributed by atoms with Crippen molar-refractivity contribution in [1.82, 2.24) is 10.6 Å². The number of ether oxygens (including phenoxy) is 5. The van der Waals surface area contributed by atoms with E-state index < -0.39 is 42.0 Å². The Bertz CT molecular complexity index is 732. The Morgan fingerprint density at radius 2 is 1.67 bits per heavy atom. The van der Waals surface area contributed by atoms with Crippen molar-refractivity contribution in [2.75, 3.05) is 27.4 Å². The van der Waals surface area contributed by atoms with Crippen LogP contribution < -0.4 is 10.6 Å². The van der Waals surface area contributed by atoms with Crippen LogP contribution in [0.4, 0.5) is 4.79 Å². The topological polar surface area (TPSA) is 121 Å². The molecule has 10 nitrogen and oxygen atoms in total. The highest BCUT2D eigenvalue weighted by Gasteiger charge is 2.34. The second kappa shape index (κ2) is 14.5. The zero-order valence-electron chi connectivity index (χ0n) is 20.2. The third-order valence-corrected chi connectivity index (χ3v) is 4.30. The molecule has 0 saturated heterocycles. The van der Waals surface area contributed by atoms with Crippen molar-refractivity contribution in [2.24, 2.45) is 0 Å². The van der Waals surface area contributed by atoms with Crippen LogP contribution in [0.15, 0.2) is 30.3 Å². The Balaban J connectivity index is 3.10. The number of nitrogens with one attached hydrogen (secondary N) is 2. The minimum atomic E-state index is -1.20. The van der Waals surface area contributed by atoms with Gasteiger partial charge in [-0.1, -0.05) is 30.3 Å². The number of carbonyl (C=O) groups excluding carboxylic acids is 3. The second-order valence-corrected chi connectivity index (χ2v) is 8.12. The first-order valence-corrected chi connectivity index (χ1v) is 10.7. The zero-order valence-corrected chi connectivity index (χ0v) is 20.2. The number of alkyl carbamates (subject to hydrolysis) is 1. The summed E-state index contributed by atoms with van der Waals surface area (Å²) in [5.74, 6) is -1.24. The Labute approximate surface area is 195 Å². The van der Waals surface area contributed by atoms with Crippen molar-refractivity contribution in [2.45, 2.75) is 64.8 Å². The van der Waals surface area contributed by atoms with Crippen molar-refractivity contribution in [3.05, 3.63) is 35.9 Å². The molecule has 0 aliphatic heterocycles. The summed E-state index contributed by atoms with van der Waals surface area (Å²) >= 11 is 0. The van der Waals surface area contributed by atoms with Gasteiger partial charge >= 0.3 is 12.1 Å². The fraction of sp³-hybridized carbons (Fsp3) is 0.609. The van der Waals surface area contributed by atoms with Crippen molar-refractivity contribution >= 4 is 18.0 Å². The van der Waals surface area contributed by atoms with Gasteiger partial charge in [0.25, 0.3) is 0 Å². The maximum absolute atomic E-state index is 13.0. The summed E-state index contributed by atoms with van der Waals surface area (Å²) in [6, 6.07) is 8.15. The van der Waals surface area contributed by atoms with Gasteiger partial charge in [-0.05, 0) is 33.3 Å². The van der Waals surface area contributed by atoms with Gasteiger partial charge < -0.3 is 34.3 Å². The molecule has 0 fully saturated rings. The van der Waals surface area contributed by atoms with Gasteiger partial charge in [0, 0.05) is 20.6 Å². The minimum Gasteiger partial charge on any atom is -0.465 e. The number of rotatable bonds is 13. The Morgan fingerprint density at radius 1 is 1.03 bits per heavy atom. The third kappa shape index (κ3) is 11.7. The predicted octanol–water partition coefficient (Wildman–Crippen LogP) is 2.15. The number of esters is 1. The third-order valence-electron chi connectivity index (χ3n) is 4.30. The van der Waals surface area contributed by atoms with Crippen LogP contribution in [0.1, 0.15) is 39.7 Å². The van der Waals surface area contributed by atoms with Gasteiger partial charge in [0.05, 0.1) is 19.3 Å². The van der Waals surface area contributed by atoms with Gasteiger partial charge in [-0.3, -0.25) is 9.59 Å². The largest absolute Gasteiger partial charge is 0.465 e. The molecule has 2 unspecified atom stereocenters. The molecule has 1 rings (SSSR count). The molecule has 0 bridgehead atoms. The van der Waals surface area contributed by atoms with E-state index in [2.05, 4.69) is 10.6 Å². The molecule has 0 aromatic heterocycles. The first kappa shape index (κ1) is 28.3. The van der Waals surface area contributed by atoms with Crippen molar-refractivity contribution < 1.29 is 38.1 Å². The molecule has 2 amide bonds. The molecular weight excluding hydrogens is 432 g/mol. The van der Waals surface area contributed by atoms with Crippen LogP contribution in [-0.2, 0) is 39.9 Å². The SMILES string of the molecule is CCOC(=O)CNC(=O)C(NC(=O)OC(C)(C)C)C(CC(OC)OC)OCc1ccccc1. The van der Waals surface area contributed by atoms with E-state index in [0.717, 1.165) is 5.56 Å². The van der Waals surface area contributed by atoms with Crippen LogP contribution in [0.2, 0.25) is 0 Å². The van der Waals surface area contributed by atoms with E-state index in [1.165, 1.54) is 14.2 Å². The maximum atomic E-state index is 13.0. The van der Waals surface area contributed by atoms with Crippen molar-refractivity contribution in [3.63, 3.8) is 0 Å². The van der Waals surface area contributed by atoms with E-state index in [1.807, 2.05) is 30.3 Å². The van der Waals surface area contributed by atoms with Crippen molar-refractivity contribution in [3.8, 4) is 0 Å². The van der Waals surface area contributed by atoms with E-state index >= 15 is 0 Å². The van der Waals surface area contributed by atoms with Crippen LogP contribution >= 0.6 is 0 Å². The summed E-state index contributed by atoms with van der Waals surface area (Å²) in [6.07, 6.45) is -2.26. The molecule has 0 saturated carbocycles. The Hall–Kier alpha value is -2.69. The molecule has 0 aliphatic carbocycles. The lowest BCUT2D eigenvalue weighted by molar-refractivity contribution is -0.148. The average molecular weight is 469 g/mol. The highest BCUT2D eigenvalue weighted by atomic mass is 16.7. The summed E-state index contributed by atoms with van der Waals surface area (Å²) in [7, 11) is 2.92. The molecule has 1 aromatic carbocycles. The lowest BCUT2D eigenvalue weighted by atomic mass is 10.1. The molecule has 0 heterocycles. The fourth-order valence-corrected chi connectivity index (χ4v) is 2.80. The summed E-state index contributed by atoms with van der Waals surface area (Å²) < 4.78 is 26.7. The molecule has 2 N–H and O–H groups in total. The zero-order chi connectivity index (χ0) is 24.9. The molecule has 0 aliphatic rings. The predicted molar refractivity (Wildman–Crippen MR) is 120 cm³/mol. The van der Waals surface area contributed by atoms with E-state index in [1.54, 1.807) is 27.7 Å². The fourth-order valence-electron chi connectivity index (χ4n) is 2.80. The molecule has 10 heteroatoms. The highest BCUT2D eigenvalue weighted by molar-refractivity contribution is 5.88. The second-order valence-electron chi connectivity index (χ2n) is 8.12. The summed E-state index contributed by atoms with van der Waals surface area (Å²) in [5.41, 5.74) is 0.0923. The standard InChI is InChI=1S/C23H36N2O8/c1-7-31-18(26)14-24-21(27)20(25-22(28)33-23(2,3)4)17(13-19(29-5)30-6)32-15-16-11-9-8-10-12-16/h8-12,17,19-20H,7,13-15H2,1-6H3,(H,24,27)(H,25,28). The van der Waals surface area contributed by atoms with Gasteiger partial charge in [-0.2, -0.15) is 0 Å². The lowest BCUT2D eigenvalue weighted by Crippen LogP contribution is -2.56. The van der Waals surface area contributed by atoms with Crippen molar-refractivity contribution in [1.29, 1.82) is 0 Å². The maximum Gasteiger partial charge on any atom is 0.408 e. The Kier molecular flexibility index (Phi) is 12.4. The number of hydrogen-bond donors (Lipinski definition) is 2. The Morgan fingerprint density at radius 3 is 2.21 bits per heavy atom. The van der Waals surface area contributed by atoms with E-state index in [-0.39, 0.29) is 26.2 Å². The highest BCUT2D eigenvalue weighted by Crippen LogP contribution is 2.16.